The number of aliphatic hydroxyl groups is 1. The average Bonchev–Trinajstić information content (AvgIpc) is 2.49. The van der Waals surface area contributed by atoms with E-state index in [-0.39, 0.29) is 0 Å². The SMILES string of the molecule is OC1N=Cc2ccccc2-c2ccccc21. The van der Waals surface area contributed by atoms with Gasteiger partial charge in [-0.2, -0.15) is 0 Å². The molecule has 2 heteroatoms. The number of nitrogens with zero attached hydrogens (tertiary/aromatic N) is 1. The van der Waals surface area contributed by atoms with Crippen molar-refractivity contribution >= 4 is 6.21 Å². The molecule has 1 N–H and O–H groups in total. The van der Waals surface area contributed by atoms with E-state index in [1.807, 2.05) is 42.5 Å². The highest BCUT2D eigenvalue weighted by molar-refractivity contribution is 5.92. The zero-order valence-corrected chi connectivity index (χ0v) is 8.67. The number of aliphatic imine (C=N–C) groups is 1. The standard InChI is InChI=1S/C14H11NO/c16-14-13-8-4-3-7-12(13)11-6-2-1-5-10(11)9-15-14/h1-9,14,16H. The fraction of sp³-hybridized carbons (Fsp3) is 0.0714. The lowest BCUT2D eigenvalue weighted by Crippen LogP contribution is -1.94. The van der Waals surface area contributed by atoms with Crippen LogP contribution in [0.3, 0.4) is 0 Å². The summed E-state index contributed by atoms with van der Waals surface area (Å²) in [5.74, 6) is 0. The molecule has 1 aliphatic heterocycles. The van der Waals surface area contributed by atoms with E-state index >= 15 is 0 Å². The van der Waals surface area contributed by atoms with Crippen molar-refractivity contribution in [2.45, 2.75) is 6.23 Å². The Kier molecular flexibility index (Phi) is 2.08. The van der Waals surface area contributed by atoms with Gasteiger partial charge in [0.25, 0.3) is 0 Å². The highest BCUT2D eigenvalue weighted by Gasteiger charge is 2.16. The molecule has 0 radical (unpaired) electrons. The Morgan fingerprint density at radius 2 is 1.56 bits per heavy atom. The molecule has 0 amide bonds. The summed E-state index contributed by atoms with van der Waals surface area (Å²) in [6.45, 7) is 0. The van der Waals surface area contributed by atoms with Crippen LogP contribution >= 0.6 is 0 Å². The van der Waals surface area contributed by atoms with Gasteiger partial charge >= 0.3 is 0 Å². The molecule has 1 aliphatic rings. The quantitative estimate of drug-likeness (QED) is 0.711. The third-order valence-electron chi connectivity index (χ3n) is 2.84. The molecule has 1 heterocycles. The molecule has 1 atom stereocenters. The Bertz CT molecular complexity index is 560. The summed E-state index contributed by atoms with van der Waals surface area (Å²) < 4.78 is 0. The van der Waals surface area contributed by atoms with Crippen LogP contribution in [0.1, 0.15) is 17.4 Å². The van der Waals surface area contributed by atoms with E-state index in [1.54, 1.807) is 6.21 Å². The molecule has 0 saturated carbocycles. The molecule has 78 valence electrons. The molecule has 0 bridgehead atoms. The summed E-state index contributed by atoms with van der Waals surface area (Å²) in [5.41, 5.74) is 4.09. The Balaban J connectivity index is 2.34. The minimum atomic E-state index is -0.761. The number of benzene rings is 2. The predicted octanol–water partition coefficient (Wildman–Crippen LogP) is 2.78. The number of rotatable bonds is 0. The van der Waals surface area contributed by atoms with Crippen molar-refractivity contribution in [2.24, 2.45) is 4.99 Å². The fourth-order valence-corrected chi connectivity index (χ4v) is 2.05. The van der Waals surface area contributed by atoms with E-state index in [2.05, 4.69) is 11.1 Å². The zero-order chi connectivity index (χ0) is 11.0. The van der Waals surface area contributed by atoms with Crippen molar-refractivity contribution in [3.05, 3.63) is 59.7 Å². The third kappa shape index (κ3) is 1.35. The minimum Gasteiger partial charge on any atom is -0.368 e. The summed E-state index contributed by atoms with van der Waals surface area (Å²) in [6, 6.07) is 15.9. The molecular formula is C14H11NO. The second-order valence-corrected chi connectivity index (χ2v) is 3.83. The van der Waals surface area contributed by atoms with Gasteiger partial charge in [0.2, 0.25) is 0 Å². The molecule has 2 nitrogen and oxygen atoms in total. The van der Waals surface area contributed by atoms with Crippen LogP contribution < -0.4 is 0 Å². The first-order chi connectivity index (χ1) is 7.86. The predicted molar refractivity (Wildman–Crippen MR) is 64.4 cm³/mol. The van der Waals surface area contributed by atoms with Crippen molar-refractivity contribution in [2.75, 3.05) is 0 Å². The molecule has 1 unspecified atom stereocenters. The number of hydrogen-bond acceptors (Lipinski definition) is 2. The van der Waals surface area contributed by atoms with Gasteiger partial charge in [-0.05, 0) is 11.1 Å². The van der Waals surface area contributed by atoms with Crippen LogP contribution in [0.2, 0.25) is 0 Å². The Morgan fingerprint density at radius 1 is 0.875 bits per heavy atom. The topological polar surface area (TPSA) is 32.6 Å². The molecule has 0 saturated heterocycles. The number of hydrogen-bond donors (Lipinski definition) is 1. The van der Waals surface area contributed by atoms with Crippen molar-refractivity contribution in [3.8, 4) is 11.1 Å². The fourth-order valence-electron chi connectivity index (χ4n) is 2.05. The highest BCUT2D eigenvalue weighted by atomic mass is 16.3. The number of aliphatic hydroxyl groups excluding tert-OH is 1. The van der Waals surface area contributed by atoms with Gasteiger partial charge in [-0.25, -0.2) is 0 Å². The third-order valence-corrected chi connectivity index (χ3v) is 2.84. The summed E-state index contributed by atoms with van der Waals surface area (Å²) in [4.78, 5) is 4.14. The van der Waals surface area contributed by atoms with Gasteiger partial charge in [0.1, 0.15) is 0 Å². The zero-order valence-electron chi connectivity index (χ0n) is 8.67. The molecular weight excluding hydrogens is 198 g/mol. The maximum atomic E-state index is 9.92. The Morgan fingerprint density at radius 3 is 2.44 bits per heavy atom. The molecule has 3 rings (SSSR count). The summed E-state index contributed by atoms with van der Waals surface area (Å²) >= 11 is 0. The normalized spacial score (nSPS) is 17.4. The summed E-state index contributed by atoms with van der Waals surface area (Å²) in [7, 11) is 0. The summed E-state index contributed by atoms with van der Waals surface area (Å²) in [5, 5.41) is 9.92. The van der Waals surface area contributed by atoms with E-state index in [9.17, 15) is 5.11 Å². The van der Waals surface area contributed by atoms with Gasteiger partial charge in [0.05, 0.1) is 0 Å². The molecule has 16 heavy (non-hydrogen) atoms. The Labute approximate surface area is 93.9 Å². The van der Waals surface area contributed by atoms with Crippen LogP contribution in [0.4, 0.5) is 0 Å². The van der Waals surface area contributed by atoms with E-state index in [4.69, 9.17) is 0 Å². The molecule has 0 fully saturated rings. The van der Waals surface area contributed by atoms with Crippen molar-refractivity contribution in [1.82, 2.24) is 0 Å². The molecule has 2 aromatic rings. The molecule has 2 aromatic carbocycles. The first kappa shape index (κ1) is 9.31. The van der Waals surface area contributed by atoms with Gasteiger partial charge in [0.15, 0.2) is 6.23 Å². The lowest BCUT2D eigenvalue weighted by atomic mass is 9.96. The minimum absolute atomic E-state index is 0.761. The van der Waals surface area contributed by atoms with Gasteiger partial charge < -0.3 is 5.11 Å². The van der Waals surface area contributed by atoms with Crippen LogP contribution in [0, 0.1) is 0 Å². The van der Waals surface area contributed by atoms with E-state index in [0.717, 1.165) is 22.3 Å². The first-order valence-corrected chi connectivity index (χ1v) is 5.26. The monoisotopic (exact) mass is 209 g/mol. The smallest absolute Gasteiger partial charge is 0.171 e. The van der Waals surface area contributed by atoms with Crippen molar-refractivity contribution in [1.29, 1.82) is 0 Å². The van der Waals surface area contributed by atoms with Crippen LogP contribution in [0.5, 0.6) is 0 Å². The van der Waals surface area contributed by atoms with Crippen molar-refractivity contribution in [3.63, 3.8) is 0 Å². The number of fused-ring (bicyclic) bond motifs is 3. The van der Waals surface area contributed by atoms with E-state index in [1.165, 1.54) is 0 Å². The molecule has 0 spiro atoms. The van der Waals surface area contributed by atoms with Crippen LogP contribution in [-0.4, -0.2) is 11.3 Å². The van der Waals surface area contributed by atoms with Gasteiger partial charge in [-0.15, -0.1) is 0 Å². The van der Waals surface area contributed by atoms with Crippen LogP contribution in [0.25, 0.3) is 11.1 Å². The molecule has 0 aromatic heterocycles. The largest absolute Gasteiger partial charge is 0.368 e. The van der Waals surface area contributed by atoms with Crippen LogP contribution in [-0.2, 0) is 0 Å². The lowest BCUT2D eigenvalue weighted by molar-refractivity contribution is 0.190. The van der Waals surface area contributed by atoms with Gasteiger partial charge in [0, 0.05) is 17.3 Å². The van der Waals surface area contributed by atoms with Gasteiger partial charge in [-0.1, -0.05) is 48.5 Å². The van der Waals surface area contributed by atoms with E-state index in [0.29, 0.717) is 0 Å². The van der Waals surface area contributed by atoms with Crippen molar-refractivity contribution < 1.29 is 5.11 Å². The maximum absolute atomic E-state index is 9.92. The highest BCUT2D eigenvalue weighted by Crippen LogP contribution is 2.32. The van der Waals surface area contributed by atoms with Gasteiger partial charge in [-0.3, -0.25) is 4.99 Å². The summed E-state index contributed by atoms with van der Waals surface area (Å²) in [6.07, 6.45) is 0.976. The lowest BCUT2D eigenvalue weighted by Gasteiger charge is -2.10. The second kappa shape index (κ2) is 3.58. The van der Waals surface area contributed by atoms with E-state index < -0.39 is 6.23 Å². The Hall–Kier alpha value is -1.93. The first-order valence-electron chi connectivity index (χ1n) is 5.26. The average molecular weight is 209 g/mol. The maximum Gasteiger partial charge on any atom is 0.171 e. The van der Waals surface area contributed by atoms with Crippen LogP contribution in [0.15, 0.2) is 53.5 Å². The second-order valence-electron chi connectivity index (χ2n) is 3.83. The molecule has 0 aliphatic carbocycles.